The van der Waals surface area contributed by atoms with E-state index in [1.807, 2.05) is 28.8 Å². The zero-order chi connectivity index (χ0) is 18.3. The summed E-state index contributed by atoms with van der Waals surface area (Å²) >= 11 is 0. The summed E-state index contributed by atoms with van der Waals surface area (Å²) in [7, 11) is -3.78. The molecule has 1 aliphatic heterocycles. The number of sulfonamides is 1. The number of nitrogens with one attached hydrogen (secondary N) is 1. The van der Waals surface area contributed by atoms with Crippen LogP contribution in [-0.4, -0.2) is 23.9 Å². The number of carbonyl (C=O) groups excluding carboxylic acids is 1. The fourth-order valence-corrected chi connectivity index (χ4v) is 3.27. The van der Waals surface area contributed by atoms with E-state index in [0.29, 0.717) is 11.4 Å². The molecule has 0 radical (unpaired) electrons. The van der Waals surface area contributed by atoms with Crippen molar-refractivity contribution in [2.24, 2.45) is 5.14 Å². The first-order valence-electron chi connectivity index (χ1n) is 7.66. The number of amides is 1. The Morgan fingerprint density at radius 2 is 1.88 bits per heavy atom. The quantitative estimate of drug-likeness (QED) is 0.727. The number of fused-ring (bicyclic) bond motifs is 3. The molecule has 26 heavy (non-hydrogen) atoms. The summed E-state index contributed by atoms with van der Waals surface area (Å²) in [5.74, 6) is 0.313. The number of hydrogen-bond acceptors (Lipinski definition) is 5. The molecule has 0 unspecified atom stereocenters. The number of aromatic nitrogens is 2. The number of carbonyl (C=O) groups is 1. The first kappa shape index (κ1) is 16.3. The van der Waals surface area contributed by atoms with Gasteiger partial charge in [0, 0.05) is 5.69 Å². The maximum absolute atomic E-state index is 12.6. The number of nitrogens with two attached hydrogens (primary N) is 1. The highest BCUT2D eigenvalue weighted by molar-refractivity contribution is 7.89. The molecular formula is C17H14N4O4S. The number of primary sulfonamides is 1. The number of imidazole rings is 1. The molecule has 132 valence electrons. The van der Waals surface area contributed by atoms with E-state index in [-0.39, 0.29) is 17.2 Å². The van der Waals surface area contributed by atoms with Gasteiger partial charge < -0.3 is 10.1 Å². The molecule has 3 aromatic rings. The van der Waals surface area contributed by atoms with Gasteiger partial charge in [0.25, 0.3) is 5.91 Å². The van der Waals surface area contributed by atoms with Crippen molar-refractivity contribution in [3.8, 4) is 11.4 Å². The van der Waals surface area contributed by atoms with Gasteiger partial charge in [0.2, 0.25) is 10.0 Å². The van der Waals surface area contributed by atoms with Crippen molar-refractivity contribution in [3.05, 3.63) is 66.2 Å². The largest absolute Gasteiger partial charge is 0.485 e. The average molecular weight is 370 g/mol. The number of nitrogens with zero attached hydrogens (tertiary/aromatic N) is 2. The second kappa shape index (κ2) is 5.97. The van der Waals surface area contributed by atoms with Gasteiger partial charge in [-0.25, -0.2) is 18.5 Å². The third-order valence-electron chi connectivity index (χ3n) is 4.01. The van der Waals surface area contributed by atoms with Crippen molar-refractivity contribution < 1.29 is 17.9 Å². The fourth-order valence-electron chi connectivity index (χ4n) is 2.75. The Kier molecular flexibility index (Phi) is 3.74. The molecule has 1 amide bonds. The van der Waals surface area contributed by atoms with E-state index in [9.17, 15) is 13.2 Å². The molecule has 9 heteroatoms. The first-order valence-corrected chi connectivity index (χ1v) is 9.21. The average Bonchev–Trinajstić information content (AvgIpc) is 3.06. The standard InChI is InChI=1S/C17H14N4O4S/c18-26(23,24)12-7-5-11(6-8-12)20-17(22)16-14-9-25-15-4-2-1-3-13(15)21(14)10-19-16/h1-8,10H,9H2,(H,20,22)(H2,18,23,24). The number of benzene rings is 2. The molecule has 1 aromatic heterocycles. The van der Waals surface area contributed by atoms with Crippen LogP contribution in [0.5, 0.6) is 5.75 Å². The summed E-state index contributed by atoms with van der Waals surface area (Å²) in [6.07, 6.45) is 1.58. The second-order valence-electron chi connectivity index (χ2n) is 5.69. The van der Waals surface area contributed by atoms with Crippen LogP contribution in [-0.2, 0) is 16.6 Å². The normalized spacial score (nSPS) is 12.7. The zero-order valence-electron chi connectivity index (χ0n) is 13.4. The van der Waals surface area contributed by atoms with Crippen molar-refractivity contribution in [1.29, 1.82) is 0 Å². The van der Waals surface area contributed by atoms with Crippen LogP contribution in [0.2, 0.25) is 0 Å². The monoisotopic (exact) mass is 370 g/mol. The highest BCUT2D eigenvalue weighted by Crippen LogP contribution is 2.30. The molecular weight excluding hydrogens is 356 g/mol. The van der Waals surface area contributed by atoms with Crippen LogP contribution < -0.4 is 15.2 Å². The van der Waals surface area contributed by atoms with Crippen LogP contribution in [0.3, 0.4) is 0 Å². The highest BCUT2D eigenvalue weighted by atomic mass is 32.2. The van der Waals surface area contributed by atoms with E-state index in [2.05, 4.69) is 10.3 Å². The van der Waals surface area contributed by atoms with E-state index in [1.165, 1.54) is 24.3 Å². The predicted molar refractivity (Wildman–Crippen MR) is 93.7 cm³/mol. The summed E-state index contributed by atoms with van der Waals surface area (Å²) in [4.78, 5) is 16.7. The molecule has 8 nitrogen and oxygen atoms in total. The lowest BCUT2D eigenvalue weighted by Crippen LogP contribution is -2.19. The third-order valence-corrected chi connectivity index (χ3v) is 4.94. The lowest BCUT2D eigenvalue weighted by Gasteiger charge is -2.20. The zero-order valence-corrected chi connectivity index (χ0v) is 14.2. The molecule has 0 aliphatic carbocycles. The number of rotatable bonds is 3. The van der Waals surface area contributed by atoms with E-state index < -0.39 is 15.9 Å². The molecule has 0 saturated carbocycles. The van der Waals surface area contributed by atoms with Gasteiger partial charge in [-0.15, -0.1) is 0 Å². The molecule has 0 saturated heterocycles. The van der Waals surface area contributed by atoms with Gasteiger partial charge in [0.15, 0.2) is 5.69 Å². The van der Waals surface area contributed by atoms with Crippen LogP contribution in [0.4, 0.5) is 5.69 Å². The molecule has 2 aromatic carbocycles. The minimum absolute atomic E-state index is 0.0279. The lowest BCUT2D eigenvalue weighted by molar-refractivity contribution is 0.101. The van der Waals surface area contributed by atoms with Gasteiger partial charge in [0.1, 0.15) is 18.7 Å². The van der Waals surface area contributed by atoms with Gasteiger partial charge in [-0.2, -0.15) is 0 Å². The van der Waals surface area contributed by atoms with E-state index in [1.54, 1.807) is 6.33 Å². The number of para-hydroxylation sites is 2. The summed E-state index contributed by atoms with van der Waals surface area (Å²) < 4.78 is 30.1. The van der Waals surface area contributed by atoms with Gasteiger partial charge >= 0.3 is 0 Å². The van der Waals surface area contributed by atoms with Gasteiger partial charge in [-0.05, 0) is 36.4 Å². The minimum Gasteiger partial charge on any atom is -0.485 e. The first-order chi connectivity index (χ1) is 12.4. The van der Waals surface area contributed by atoms with Crippen LogP contribution in [0.1, 0.15) is 16.2 Å². The molecule has 0 fully saturated rings. The minimum atomic E-state index is -3.78. The SMILES string of the molecule is NS(=O)(=O)c1ccc(NC(=O)c2ncn3c2COc2ccccc2-3)cc1. The Hall–Kier alpha value is -3.17. The van der Waals surface area contributed by atoms with Crippen molar-refractivity contribution in [2.75, 3.05) is 5.32 Å². The van der Waals surface area contributed by atoms with Crippen LogP contribution in [0.25, 0.3) is 5.69 Å². The van der Waals surface area contributed by atoms with E-state index >= 15 is 0 Å². The fraction of sp³-hybridized carbons (Fsp3) is 0.0588. The molecule has 2 heterocycles. The van der Waals surface area contributed by atoms with Crippen LogP contribution >= 0.6 is 0 Å². The Morgan fingerprint density at radius 3 is 2.62 bits per heavy atom. The van der Waals surface area contributed by atoms with Crippen molar-refractivity contribution >= 4 is 21.6 Å². The molecule has 1 aliphatic rings. The van der Waals surface area contributed by atoms with Crippen LogP contribution in [0, 0.1) is 0 Å². The van der Waals surface area contributed by atoms with Gasteiger partial charge in [-0.1, -0.05) is 12.1 Å². The maximum atomic E-state index is 12.6. The van der Waals surface area contributed by atoms with Gasteiger partial charge in [0.05, 0.1) is 16.3 Å². The Morgan fingerprint density at radius 1 is 1.15 bits per heavy atom. The Labute approximate surface area is 149 Å². The molecule has 0 spiro atoms. The number of anilines is 1. The lowest BCUT2D eigenvalue weighted by atomic mass is 10.2. The molecule has 0 bridgehead atoms. The number of ether oxygens (including phenoxy) is 1. The van der Waals surface area contributed by atoms with E-state index in [4.69, 9.17) is 9.88 Å². The molecule has 0 atom stereocenters. The highest BCUT2D eigenvalue weighted by Gasteiger charge is 2.24. The summed E-state index contributed by atoms with van der Waals surface area (Å²) in [5, 5.41) is 7.75. The van der Waals surface area contributed by atoms with Crippen LogP contribution in [0.15, 0.2) is 59.8 Å². The Bertz CT molecular complexity index is 1100. The maximum Gasteiger partial charge on any atom is 0.276 e. The van der Waals surface area contributed by atoms with E-state index in [0.717, 1.165) is 11.4 Å². The number of hydrogen-bond donors (Lipinski definition) is 2. The summed E-state index contributed by atoms with van der Waals surface area (Å²) in [6.45, 7) is 0.226. The second-order valence-corrected chi connectivity index (χ2v) is 7.25. The smallest absolute Gasteiger partial charge is 0.276 e. The van der Waals surface area contributed by atoms with Crippen molar-refractivity contribution in [2.45, 2.75) is 11.5 Å². The topological polar surface area (TPSA) is 116 Å². The third kappa shape index (κ3) is 2.83. The van der Waals surface area contributed by atoms with Gasteiger partial charge in [-0.3, -0.25) is 9.36 Å². The van der Waals surface area contributed by atoms with Crippen molar-refractivity contribution in [1.82, 2.24) is 9.55 Å². The van der Waals surface area contributed by atoms with Crippen molar-refractivity contribution in [3.63, 3.8) is 0 Å². The molecule has 3 N–H and O–H groups in total. The Balaban J connectivity index is 1.60. The summed E-state index contributed by atoms with van der Waals surface area (Å²) in [5.41, 5.74) is 2.14. The summed E-state index contributed by atoms with van der Waals surface area (Å²) in [6, 6.07) is 13.1. The predicted octanol–water partition coefficient (Wildman–Crippen LogP) is 1.66. The molecule has 4 rings (SSSR count).